The van der Waals surface area contributed by atoms with Crippen molar-refractivity contribution in [3.63, 3.8) is 0 Å². The highest BCUT2D eigenvalue weighted by Gasteiger charge is 2.17. The van der Waals surface area contributed by atoms with Crippen molar-refractivity contribution in [1.29, 1.82) is 0 Å². The standard InChI is InChI=1S/C23H24N2O5S/c1-16-6-4-8-19(12-16)25-31(27,28)20-9-5-7-18(14-20)23(26)24-15-17-10-11-21(29-2)22(13-17)30-3/h4-14,25H,15H2,1-3H3,(H,24,26). The van der Waals surface area contributed by atoms with Gasteiger partial charge >= 0.3 is 0 Å². The van der Waals surface area contributed by atoms with Gasteiger partial charge in [0, 0.05) is 17.8 Å². The van der Waals surface area contributed by atoms with Gasteiger partial charge < -0.3 is 14.8 Å². The Hall–Kier alpha value is -3.52. The fourth-order valence-corrected chi connectivity index (χ4v) is 4.10. The first-order valence-electron chi connectivity index (χ1n) is 9.51. The molecule has 3 aromatic carbocycles. The van der Waals surface area contributed by atoms with Crippen LogP contribution in [0.3, 0.4) is 0 Å². The average Bonchev–Trinajstić information content (AvgIpc) is 2.77. The maximum atomic E-state index is 12.7. The molecule has 0 saturated carbocycles. The summed E-state index contributed by atoms with van der Waals surface area (Å²) in [6, 6.07) is 18.3. The fourth-order valence-electron chi connectivity index (χ4n) is 3.00. The largest absolute Gasteiger partial charge is 0.493 e. The smallest absolute Gasteiger partial charge is 0.261 e. The predicted octanol–water partition coefficient (Wildman–Crippen LogP) is 3.74. The molecule has 3 rings (SSSR count). The van der Waals surface area contributed by atoms with E-state index in [1.165, 1.54) is 25.3 Å². The Kier molecular flexibility index (Phi) is 6.81. The summed E-state index contributed by atoms with van der Waals surface area (Å²) in [5.74, 6) is 0.767. The van der Waals surface area contributed by atoms with Crippen LogP contribution in [0.2, 0.25) is 0 Å². The minimum absolute atomic E-state index is 0.00720. The first-order valence-corrected chi connectivity index (χ1v) is 11.0. The lowest BCUT2D eigenvalue weighted by Gasteiger charge is -2.11. The first kappa shape index (κ1) is 22.2. The van der Waals surface area contributed by atoms with E-state index in [4.69, 9.17) is 9.47 Å². The summed E-state index contributed by atoms with van der Waals surface area (Å²) in [6.07, 6.45) is 0. The van der Waals surface area contributed by atoms with Crippen LogP contribution < -0.4 is 19.5 Å². The van der Waals surface area contributed by atoms with Crippen molar-refractivity contribution >= 4 is 21.6 Å². The molecule has 0 bridgehead atoms. The topological polar surface area (TPSA) is 93.7 Å². The van der Waals surface area contributed by atoms with Crippen LogP contribution in [0.15, 0.2) is 71.6 Å². The molecule has 31 heavy (non-hydrogen) atoms. The highest BCUT2D eigenvalue weighted by atomic mass is 32.2. The number of methoxy groups -OCH3 is 2. The third-order valence-corrected chi connectivity index (χ3v) is 5.96. The molecule has 0 atom stereocenters. The van der Waals surface area contributed by atoms with Gasteiger partial charge in [0.05, 0.1) is 19.1 Å². The molecule has 1 amide bonds. The number of carbonyl (C=O) groups excluding carboxylic acids is 1. The number of rotatable bonds is 8. The molecule has 8 heteroatoms. The molecule has 0 saturated heterocycles. The van der Waals surface area contributed by atoms with Gasteiger partial charge in [-0.2, -0.15) is 0 Å². The molecule has 0 aliphatic rings. The third-order valence-electron chi connectivity index (χ3n) is 4.58. The summed E-state index contributed by atoms with van der Waals surface area (Å²) >= 11 is 0. The van der Waals surface area contributed by atoms with Gasteiger partial charge in [-0.05, 0) is 60.5 Å². The van der Waals surface area contributed by atoms with Gasteiger partial charge in [0.1, 0.15) is 0 Å². The maximum absolute atomic E-state index is 12.7. The van der Waals surface area contributed by atoms with E-state index in [1.54, 1.807) is 43.5 Å². The first-order chi connectivity index (χ1) is 14.8. The number of hydrogen-bond acceptors (Lipinski definition) is 5. The minimum Gasteiger partial charge on any atom is -0.493 e. The third kappa shape index (κ3) is 5.55. The summed E-state index contributed by atoms with van der Waals surface area (Å²) < 4.78 is 38.5. The Bertz CT molecular complexity index is 1190. The van der Waals surface area contributed by atoms with Crippen LogP contribution in [-0.4, -0.2) is 28.5 Å². The average molecular weight is 441 g/mol. The van der Waals surface area contributed by atoms with Gasteiger partial charge in [-0.15, -0.1) is 0 Å². The molecular weight excluding hydrogens is 416 g/mol. The lowest BCUT2D eigenvalue weighted by atomic mass is 10.1. The van der Waals surface area contributed by atoms with Gasteiger partial charge in [-0.3, -0.25) is 9.52 Å². The van der Waals surface area contributed by atoms with Crippen LogP contribution in [-0.2, 0) is 16.6 Å². The summed E-state index contributed by atoms with van der Waals surface area (Å²) in [5.41, 5.74) is 2.45. The number of amides is 1. The van der Waals surface area contributed by atoms with Crippen LogP contribution in [0.25, 0.3) is 0 Å². The van der Waals surface area contributed by atoms with Gasteiger partial charge in [0.15, 0.2) is 11.5 Å². The normalized spacial score (nSPS) is 10.9. The van der Waals surface area contributed by atoms with E-state index >= 15 is 0 Å². The van der Waals surface area contributed by atoms with Crippen molar-refractivity contribution in [2.45, 2.75) is 18.4 Å². The summed E-state index contributed by atoms with van der Waals surface area (Å²) in [6.45, 7) is 2.12. The molecule has 0 radical (unpaired) electrons. The van der Waals surface area contributed by atoms with E-state index in [-0.39, 0.29) is 22.9 Å². The molecule has 2 N–H and O–H groups in total. The summed E-state index contributed by atoms with van der Waals surface area (Å²) in [5, 5.41) is 2.79. The second-order valence-electron chi connectivity index (χ2n) is 6.87. The zero-order chi connectivity index (χ0) is 22.4. The monoisotopic (exact) mass is 440 g/mol. The molecule has 0 unspecified atom stereocenters. The maximum Gasteiger partial charge on any atom is 0.261 e. The summed E-state index contributed by atoms with van der Waals surface area (Å²) in [7, 11) is -0.742. The number of hydrogen-bond donors (Lipinski definition) is 2. The van der Waals surface area contributed by atoms with E-state index in [2.05, 4.69) is 10.0 Å². The molecule has 162 valence electrons. The second kappa shape index (κ2) is 9.53. The van der Waals surface area contributed by atoms with Gasteiger partial charge in [0.2, 0.25) is 0 Å². The van der Waals surface area contributed by atoms with Crippen molar-refractivity contribution in [3.05, 3.63) is 83.4 Å². The van der Waals surface area contributed by atoms with Crippen LogP contribution >= 0.6 is 0 Å². The van der Waals surface area contributed by atoms with E-state index in [0.29, 0.717) is 17.2 Å². The van der Waals surface area contributed by atoms with Gasteiger partial charge in [-0.1, -0.05) is 24.3 Å². The molecule has 0 heterocycles. The van der Waals surface area contributed by atoms with E-state index in [1.807, 2.05) is 19.1 Å². The highest BCUT2D eigenvalue weighted by molar-refractivity contribution is 7.92. The Labute approximate surface area is 182 Å². The van der Waals surface area contributed by atoms with Crippen molar-refractivity contribution in [3.8, 4) is 11.5 Å². The van der Waals surface area contributed by atoms with E-state index in [0.717, 1.165) is 11.1 Å². The van der Waals surface area contributed by atoms with Crippen LogP contribution in [0, 0.1) is 6.92 Å². The Balaban J connectivity index is 1.72. The molecular formula is C23H24N2O5S. The van der Waals surface area contributed by atoms with Gasteiger partial charge in [-0.25, -0.2) is 8.42 Å². The van der Waals surface area contributed by atoms with E-state index in [9.17, 15) is 13.2 Å². The zero-order valence-corrected chi connectivity index (χ0v) is 18.3. The van der Waals surface area contributed by atoms with Crippen molar-refractivity contribution in [2.24, 2.45) is 0 Å². The second-order valence-corrected chi connectivity index (χ2v) is 8.56. The zero-order valence-electron chi connectivity index (χ0n) is 17.5. The molecule has 0 fully saturated rings. The number of nitrogens with one attached hydrogen (secondary N) is 2. The van der Waals surface area contributed by atoms with Crippen molar-refractivity contribution in [1.82, 2.24) is 5.32 Å². The number of anilines is 1. The fraction of sp³-hybridized carbons (Fsp3) is 0.174. The predicted molar refractivity (Wildman–Crippen MR) is 119 cm³/mol. The van der Waals surface area contributed by atoms with Crippen LogP contribution in [0.1, 0.15) is 21.5 Å². The molecule has 7 nitrogen and oxygen atoms in total. The Morgan fingerprint density at radius 3 is 2.35 bits per heavy atom. The minimum atomic E-state index is -3.83. The van der Waals surface area contributed by atoms with Crippen molar-refractivity contribution < 1.29 is 22.7 Å². The lowest BCUT2D eigenvalue weighted by molar-refractivity contribution is 0.0950. The molecule has 0 aliphatic heterocycles. The molecule has 0 spiro atoms. The quantitative estimate of drug-likeness (QED) is 0.557. The number of sulfonamides is 1. The number of aryl methyl sites for hydroxylation is 1. The Morgan fingerprint density at radius 1 is 0.903 bits per heavy atom. The van der Waals surface area contributed by atoms with Gasteiger partial charge in [0.25, 0.3) is 15.9 Å². The molecule has 0 aromatic heterocycles. The molecule has 3 aromatic rings. The molecule has 0 aliphatic carbocycles. The van der Waals surface area contributed by atoms with E-state index < -0.39 is 10.0 Å². The lowest BCUT2D eigenvalue weighted by Crippen LogP contribution is -2.23. The van der Waals surface area contributed by atoms with Crippen LogP contribution in [0.5, 0.6) is 11.5 Å². The Morgan fingerprint density at radius 2 is 1.65 bits per heavy atom. The number of ether oxygens (including phenoxy) is 2. The SMILES string of the molecule is COc1ccc(CNC(=O)c2cccc(S(=O)(=O)Nc3cccc(C)c3)c2)cc1OC. The highest BCUT2D eigenvalue weighted by Crippen LogP contribution is 2.27. The summed E-state index contributed by atoms with van der Waals surface area (Å²) in [4.78, 5) is 12.6. The number of carbonyl (C=O) groups is 1. The number of benzene rings is 3. The van der Waals surface area contributed by atoms with Crippen molar-refractivity contribution in [2.75, 3.05) is 18.9 Å². The van der Waals surface area contributed by atoms with Crippen LogP contribution in [0.4, 0.5) is 5.69 Å².